The highest BCUT2D eigenvalue weighted by molar-refractivity contribution is 6.33. The Morgan fingerprint density at radius 1 is 1.10 bits per heavy atom. The number of ether oxygens (including phenoxy) is 2. The van der Waals surface area contributed by atoms with Crippen molar-refractivity contribution < 1.29 is 32.2 Å². The molecule has 0 spiro atoms. The van der Waals surface area contributed by atoms with E-state index in [1.54, 1.807) is 12.1 Å². The number of benzene rings is 2. The van der Waals surface area contributed by atoms with Crippen LogP contribution in [0.3, 0.4) is 0 Å². The average Bonchev–Trinajstić information content (AvgIpc) is 2.60. The van der Waals surface area contributed by atoms with Crippen molar-refractivity contribution in [3.8, 4) is 5.75 Å². The summed E-state index contributed by atoms with van der Waals surface area (Å²) in [7, 11) is 0. The fourth-order valence-corrected chi connectivity index (χ4v) is 2.64. The number of alkyl halides is 3. The van der Waals surface area contributed by atoms with E-state index in [4.69, 9.17) is 21.1 Å². The molecule has 1 amide bonds. The van der Waals surface area contributed by atoms with Gasteiger partial charge in [-0.3, -0.25) is 4.79 Å². The summed E-state index contributed by atoms with van der Waals surface area (Å²) in [6.45, 7) is 4.61. The molecule has 9 heteroatoms. The number of aryl methyl sites for hydroxylation is 2. The van der Waals surface area contributed by atoms with Gasteiger partial charge in [0.15, 0.2) is 12.7 Å². The van der Waals surface area contributed by atoms with E-state index in [0.717, 1.165) is 23.3 Å². The molecule has 0 bridgehead atoms. The van der Waals surface area contributed by atoms with Crippen LogP contribution in [0.2, 0.25) is 5.02 Å². The third-order valence-corrected chi connectivity index (χ3v) is 4.11. The molecule has 0 heterocycles. The van der Waals surface area contributed by atoms with E-state index < -0.39 is 36.3 Å². The molecule has 0 saturated carbocycles. The van der Waals surface area contributed by atoms with Crippen molar-refractivity contribution >= 4 is 29.2 Å². The number of carbonyl (C=O) groups excluding carboxylic acids is 2. The highest BCUT2D eigenvalue weighted by Gasteiger charge is 2.31. The molecule has 156 valence electrons. The van der Waals surface area contributed by atoms with Gasteiger partial charge in [-0.15, -0.1) is 0 Å². The standard InChI is InChI=1S/C20H19ClF3NO4/c1-11-6-12(2)8-15(7-11)28-10-18(26)29-13(3)19(27)25-17-9-14(20(22,23)24)4-5-16(17)21/h4-9,13H,10H2,1-3H3,(H,25,27). The first-order valence-electron chi connectivity index (χ1n) is 8.54. The number of anilines is 1. The Labute approximate surface area is 170 Å². The predicted molar refractivity (Wildman–Crippen MR) is 102 cm³/mol. The second-order valence-electron chi connectivity index (χ2n) is 6.43. The maximum Gasteiger partial charge on any atom is 0.416 e. The molecule has 2 rings (SSSR count). The summed E-state index contributed by atoms with van der Waals surface area (Å²) in [6.07, 6.45) is -5.86. The fourth-order valence-electron chi connectivity index (χ4n) is 2.47. The Hall–Kier alpha value is -2.74. The summed E-state index contributed by atoms with van der Waals surface area (Å²) in [4.78, 5) is 24.1. The van der Waals surface area contributed by atoms with Crippen LogP contribution in [0.25, 0.3) is 0 Å². The van der Waals surface area contributed by atoms with E-state index in [2.05, 4.69) is 5.32 Å². The van der Waals surface area contributed by atoms with Crippen molar-refractivity contribution in [3.05, 3.63) is 58.1 Å². The molecular formula is C20H19ClF3NO4. The first kappa shape index (κ1) is 22.5. The minimum Gasteiger partial charge on any atom is -0.482 e. The molecule has 2 aromatic rings. The molecule has 0 aliphatic rings. The zero-order valence-electron chi connectivity index (χ0n) is 15.9. The number of carbonyl (C=O) groups is 2. The zero-order valence-corrected chi connectivity index (χ0v) is 16.6. The molecule has 1 N–H and O–H groups in total. The van der Waals surface area contributed by atoms with Crippen molar-refractivity contribution in [2.75, 3.05) is 11.9 Å². The smallest absolute Gasteiger partial charge is 0.416 e. The number of amides is 1. The Bertz CT molecular complexity index is 895. The quantitative estimate of drug-likeness (QED) is 0.662. The third-order valence-electron chi connectivity index (χ3n) is 3.78. The van der Waals surface area contributed by atoms with Crippen molar-refractivity contribution in [2.45, 2.75) is 33.1 Å². The van der Waals surface area contributed by atoms with Crippen LogP contribution in [0, 0.1) is 13.8 Å². The van der Waals surface area contributed by atoms with Crippen molar-refractivity contribution in [3.63, 3.8) is 0 Å². The average molecular weight is 430 g/mol. The van der Waals surface area contributed by atoms with Gasteiger partial charge >= 0.3 is 12.1 Å². The number of rotatable bonds is 6. The molecule has 0 aliphatic heterocycles. The second-order valence-corrected chi connectivity index (χ2v) is 6.83. The Balaban J connectivity index is 1.94. The monoisotopic (exact) mass is 429 g/mol. The minimum atomic E-state index is -4.59. The van der Waals surface area contributed by atoms with Crippen LogP contribution < -0.4 is 10.1 Å². The Morgan fingerprint density at radius 2 is 1.72 bits per heavy atom. The van der Waals surface area contributed by atoms with Crippen LogP contribution in [-0.2, 0) is 20.5 Å². The SMILES string of the molecule is Cc1cc(C)cc(OCC(=O)OC(C)C(=O)Nc2cc(C(F)(F)F)ccc2Cl)c1. The van der Waals surface area contributed by atoms with Gasteiger partial charge in [0.25, 0.3) is 5.91 Å². The molecule has 1 atom stereocenters. The van der Waals surface area contributed by atoms with E-state index in [0.29, 0.717) is 11.8 Å². The van der Waals surface area contributed by atoms with Crippen molar-refractivity contribution in [1.82, 2.24) is 0 Å². The maximum absolute atomic E-state index is 12.8. The van der Waals surface area contributed by atoms with E-state index in [1.165, 1.54) is 6.92 Å². The van der Waals surface area contributed by atoms with Crippen LogP contribution in [0.4, 0.5) is 18.9 Å². The van der Waals surface area contributed by atoms with Gasteiger partial charge in [0.05, 0.1) is 16.3 Å². The second kappa shape index (κ2) is 9.17. The third kappa shape index (κ3) is 6.67. The minimum absolute atomic E-state index is 0.0805. The predicted octanol–water partition coefficient (Wildman–Crippen LogP) is 4.92. The molecular weight excluding hydrogens is 411 g/mol. The molecule has 2 aromatic carbocycles. The fraction of sp³-hybridized carbons (Fsp3) is 0.300. The summed E-state index contributed by atoms with van der Waals surface area (Å²) in [5.74, 6) is -1.15. The van der Waals surface area contributed by atoms with Crippen LogP contribution in [-0.4, -0.2) is 24.6 Å². The zero-order chi connectivity index (χ0) is 21.8. The first-order valence-corrected chi connectivity index (χ1v) is 8.91. The number of hydrogen-bond donors (Lipinski definition) is 1. The van der Waals surface area contributed by atoms with Gasteiger partial charge < -0.3 is 14.8 Å². The maximum atomic E-state index is 12.8. The van der Waals surface area contributed by atoms with Gasteiger partial charge in [0, 0.05) is 0 Å². The van der Waals surface area contributed by atoms with Gasteiger partial charge in [-0.05, 0) is 62.2 Å². The topological polar surface area (TPSA) is 64.6 Å². The van der Waals surface area contributed by atoms with Crippen LogP contribution in [0.5, 0.6) is 5.75 Å². The molecule has 0 radical (unpaired) electrons. The van der Waals surface area contributed by atoms with Crippen LogP contribution >= 0.6 is 11.6 Å². The lowest BCUT2D eigenvalue weighted by Gasteiger charge is -2.16. The first-order chi connectivity index (χ1) is 13.5. The summed E-state index contributed by atoms with van der Waals surface area (Å²) >= 11 is 5.83. The van der Waals surface area contributed by atoms with Gasteiger partial charge in [-0.2, -0.15) is 13.2 Å². The van der Waals surface area contributed by atoms with Crippen LogP contribution in [0.1, 0.15) is 23.6 Å². The van der Waals surface area contributed by atoms with Crippen molar-refractivity contribution in [1.29, 1.82) is 0 Å². The van der Waals surface area contributed by atoms with E-state index in [9.17, 15) is 22.8 Å². The molecule has 0 aromatic heterocycles. The number of esters is 1. The van der Waals surface area contributed by atoms with Gasteiger partial charge in [-0.1, -0.05) is 17.7 Å². The lowest BCUT2D eigenvalue weighted by molar-refractivity contribution is -0.155. The summed E-state index contributed by atoms with van der Waals surface area (Å²) in [5, 5.41) is 2.15. The Kier molecular flexibility index (Phi) is 7.13. The highest BCUT2D eigenvalue weighted by atomic mass is 35.5. The Morgan fingerprint density at radius 3 is 2.31 bits per heavy atom. The van der Waals surface area contributed by atoms with Crippen LogP contribution in [0.15, 0.2) is 36.4 Å². The van der Waals surface area contributed by atoms with Gasteiger partial charge in [-0.25, -0.2) is 4.79 Å². The molecule has 0 fully saturated rings. The number of nitrogens with one attached hydrogen (secondary N) is 1. The highest BCUT2D eigenvalue weighted by Crippen LogP contribution is 2.33. The molecule has 5 nitrogen and oxygen atoms in total. The number of halogens is 4. The molecule has 0 aliphatic carbocycles. The summed E-state index contributed by atoms with van der Waals surface area (Å²) in [6, 6.07) is 7.95. The van der Waals surface area contributed by atoms with Gasteiger partial charge in [0.1, 0.15) is 5.75 Å². The van der Waals surface area contributed by atoms with E-state index in [1.807, 2.05) is 19.9 Å². The normalized spacial score (nSPS) is 12.2. The molecule has 29 heavy (non-hydrogen) atoms. The molecule has 0 saturated heterocycles. The largest absolute Gasteiger partial charge is 0.482 e. The van der Waals surface area contributed by atoms with Gasteiger partial charge in [0.2, 0.25) is 0 Å². The number of hydrogen-bond acceptors (Lipinski definition) is 4. The molecule has 1 unspecified atom stereocenters. The van der Waals surface area contributed by atoms with Crippen molar-refractivity contribution in [2.24, 2.45) is 0 Å². The van der Waals surface area contributed by atoms with E-state index >= 15 is 0 Å². The lowest BCUT2D eigenvalue weighted by Crippen LogP contribution is -2.31. The van der Waals surface area contributed by atoms with E-state index in [-0.39, 0.29) is 10.7 Å². The lowest BCUT2D eigenvalue weighted by atomic mass is 10.1. The summed E-state index contributed by atoms with van der Waals surface area (Å²) < 4.78 is 48.7. The summed E-state index contributed by atoms with van der Waals surface area (Å²) in [5.41, 5.74) is 0.711.